The third-order valence-corrected chi connectivity index (χ3v) is 5.21. The average molecular weight is 407 g/mol. The highest BCUT2D eigenvalue weighted by Gasteiger charge is 2.19. The van der Waals surface area contributed by atoms with Crippen LogP contribution in [0.3, 0.4) is 0 Å². The van der Waals surface area contributed by atoms with Gasteiger partial charge in [0.1, 0.15) is 12.2 Å². The Kier molecular flexibility index (Phi) is 3.98. The predicted octanol–water partition coefficient (Wildman–Crippen LogP) is 4.39. The molecule has 0 amide bonds. The van der Waals surface area contributed by atoms with Gasteiger partial charge < -0.3 is 9.15 Å². The summed E-state index contributed by atoms with van der Waals surface area (Å²) in [4.78, 5) is 11.4. The van der Waals surface area contributed by atoms with Crippen LogP contribution in [-0.4, -0.2) is 24.7 Å². The first-order valence-corrected chi connectivity index (χ1v) is 9.48. The van der Waals surface area contributed by atoms with Crippen LogP contribution in [0.2, 0.25) is 0 Å². The number of fused-ring (bicyclic) bond motifs is 2. The number of hydrogen-bond donors (Lipinski definition) is 0. The fourth-order valence-electron chi connectivity index (χ4n) is 2.99. The Labute approximate surface area is 167 Å². The van der Waals surface area contributed by atoms with Crippen molar-refractivity contribution in [1.82, 2.24) is 19.8 Å². The van der Waals surface area contributed by atoms with Gasteiger partial charge in [0, 0.05) is 11.5 Å². The van der Waals surface area contributed by atoms with Crippen molar-refractivity contribution in [3.05, 3.63) is 69.2 Å². The maximum absolute atomic E-state index is 11.2. The monoisotopic (exact) mass is 407 g/mol. The largest absolute Gasteiger partial charge is 0.479 e. The molecule has 0 fully saturated rings. The molecule has 0 bridgehead atoms. The number of para-hydroxylation sites is 1. The second kappa shape index (κ2) is 6.67. The highest BCUT2D eigenvalue weighted by atomic mass is 32.1. The summed E-state index contributed by atoms with van der Waals surface area (Å²) in [6.07, 6.45) is 0. The average Bonchev–Trinajstić information content (AvgIpc) is 3.40. The van der Waals surface area contributed by atoms with Crippen LogP contribution in [0.25, 0.3) is 27.5 Å². The molecular weight excluding hydrogens is 394 g/mol. The lowest BCUT2D eigenvalue weighted by Gasteiger charge is -2.05. The quantitative estimate of drug-likeness (QED) is 0.314. The Bertz CT molecular complexity index is 1340. The van der Waals surface area contributed by atoms with E-state index in [9.17, 15) is 10.1 Å². The van der Waals surface area contributed by atoms with Gasteiger partial charge in [0.2, 0.25) is 10.8 Å². The first kappa shape index (κ1) is 17.3. The maximum Gasteiger partial charge on any atom is 0.311 e. The van der Waals surface area contributed by atoms with Gasteiger partial charge in [0.25, 0.3) is 0 Å². The Morgan fingerprint density at radius 1 is 1.21 bits per heavy atom. The van der Waals surface area contributed by atoms with Crippen molar-refractivity contribution in [2.75, 3.05) is 0 Å². The van der Waals surface area contributed by atoms with Gasteiger partial charge in [0.05, 0.1) is 4.92 Å². The Morgan fingerprint density at radius 3 is 2.90 bits per heavy atom. The SMILES string of the molecule is Cc1ccc(OCc2nn3c(-c4cc5ccccc5o4)nnc3s2)c([N+](=O)[O-])c1. The van der Waals surface area contributed by atoms with E-state index in [1.165, 1.54) is 17.4 Å². The summed E-state index contributed by atoms with van der Waals surface area (Å²) in [5.74, 6) is 1.25. The van der Waals surface area contributed by atoms with Gasteiger partial charge in [-0.1, -0.05) is 35.6 Å². The summed E-state index contributed by atoms with van der Waals surface area (Å²) >= 11 is 1.30. The van der Waals surface area contributed by atoms with E-state index in [-0.39, 0.29) is 18.0 Å². The number of benzene rings is 2. The van der Waals surface area contributed by atoms with Gasteiger partial charge in [-0.05, 0) is 30.7 Å². The van der Waals surface area contributed by atoms with Gasteiger partial charge in [-0.25, -0.2) is 0 Å². The van der Waals surface area contributed by atoms with Crippen LogP contribution in [0, 0.1) is 17.0 Å². The van der Waals surface area contributed by atoms with Crippen molar-refractivity contribution in [3.8, 4) is 17.3 Å². The molecule has 0 aliphatic carbocycles. The zero-order chi connectivity index (χ0) is 20.0. The zero-order valence-electron chi connectivity index (χ0n) is 15.1. The topological polar surface area (TPSA) is 109 Å². The third kappa shape index (κ3) is 3.09. The fourth-order valence-corrected chi connectivity index (χ4v) is 3.74. The van der Waals surface area contributed by atoms with Crippen molar-refractivity contribution in [2.45, 2.75) is 13.5 Å². The van der Waals surface area contributed by atoms with Gasteiger partial charge in [-0.2, -0.15) is 9.61 Å². The van der Waals surface area contributed by atoms with Crippen molar-refractivity contribution in [3.63, 3.8) is 0 Å². The van der Waals surface area contributed by atoms with Crippen LogP contribution < -0.4 is 4.74 Å². The molecule has 29 heavy (non-hydrogen) atoms. The van der Waals surface area contributed by atoms with E-state index in [4.69, 9.17) is 9.15 Å². The molecule has 0 atom stereocenters. The standard InChI is InChI=1S/C19H13N5O4S/c1-11-6-7-15(13(8-11)24(25)26)27-10-17-22-23-18(20-21-19(23)29-17)16-9-12-4-2-3-5-14(12)28-16/h2-9H,10H2,1H3. The molecule has 0 N–H and O–H groups in total. The molecule has 0 saturated carbocycles. The number of rotatable bonds is 5. The summed E-state index contributed by atoms with van der Waals surface area (Å²) < 4.78 is 13.1. The van der Waals surface area contributed by atoms with Crippen molar-refractivity contribution >= 4 is 33.0 Å². The van der Waals surface area contributed by atoms with Gasteiger partial charge in [0.15, 0.2) is 16.5 Å². The number of aryl methyl sites for hydroxylation is 1. The number of hydrogen-bond acceptors (Lipinski definition) is 8. The van der Waals surface area contributed by atoms with Crippen molar-refractivity contribution in [1.29, 1.82) is 0 Å². The highest BCUT2D eigenvalue weighted by molar-refractivity contribution is 7.16. The number of nitro benzene ring substituents is 1. The van der Waals surface area contributed by atoms with Gasteiger partial charge in [-0.3, -0.25) is 10.1 Å². The van der Waals surface area contributed by atoms with E-state index in [2.05, 4.69) is 15.3 Å². The summed E-state index contributed by atoms with van der Waals surface area (Å²) in [5.41, 5.74) is 1.47. The van der Waals surface area contributed by atoms with Crippen molar-refractivity contribution < 1.29 is 14.1 Å². The molecule has 5 aromatic rings. The molecule has 144 valence electrons. The van der Waals surface area contributed by atoms with E-state index < -0.39 is 4.92 Å². The van der Waals surface area contributed by atoms with E-state index in [0.29, 0.717) is 21.6 Å². The van der Waals surface area contributed by atoms with E-state index >= 15 is 0 Å². The zero-order valence-corrected chi connectivity index (χ0v) is 15.9. The molecule has 0 spiro atoms. The first-order chi connectivity index (χ1) is 14.1. The highest BCUT2D eigenvalue weighted by Crippen LogP contribution is 2.30. The molecule has 3 aromatic heterocycles. The van der Waals surface area contributed by atoms with Crippen LogP contribution in [-0.2, 0) is 6.61 Å². The van der Waals surface area contributed by atoms with Gasteiger partial charge in [-0.15, -0.1) is 10.2 Å². The molecule has 2 aromatic carbocycles. The minimum Gasteiger partial charge on any atom is -0.479 e. The molecule has 0 aliphatic rings. The Balaban J connectivity index is 1.44. The third-order valence-electron chi connectivity index (χ3n) is 4.34. The molecule has 0 unspecified atom stereocenters. The van der Waals surface area contributed by atoms with Crippen LogP contribution in [0.15, 0.2) is 52.9 Å². The van der Waals surface area contributed by atoms with Crippen LogP contribution >= 0.6 is 11.3 Å². The summed E-state index contributed by atoms with van der Waals surface area (Å²) in [5, 5.41) is 25.6. The molecule has 10 heteroatoms. The van der Waals surface area contributed by atoms with Crippen LogP contribution in [0.1, 0.15) is 10.6 Å². The number of nitrogens with zero attached hydrogens (tertiary/aromatic N) is 5. The molecule has 9 nitrogen and oxygen atoms in total. The van der Waals surface area contributed by atoms with E-state index in [1.54, 1.807) is 23.6 Å². The van der Waals surface area contributed by atoms with E-state index in [1.807, 2.05) is 30.3 Å². The molecule has 0 aliphatic heterocycles. The maximum atomic E-state index is 11.2. The lowest BCUT2D eigenvalue weighted by atomic mass is 10.2. The van der Waals surface area contributed by atoms with Crippen LogP contribution in [0.4, 0.5) is 5.69 Å². The second-order valence-electron chi connectivity index (χ2n) is 6.38. The molecular formula is C19H13N5O4S. The summed E-state index contributed by atoms with van der Waals surface area (Å²) in [7, 11) is 0. The van der Waals surface area contributed by atoms with Crippen LogP contribution in [0.5, 0.6) is 5.75 Å². The normalized spacial score (nSPS) is 11.3. The minimum atomic E-state index is -0.458. The Hall–Kier alpha value is -3.79. The molecule has 0 radical (unpaired) electrons. The first-order valence-electron chi connectivity index (χ1n) is 8.66. The number of furan rings is 1. The molecule has 5 rings (SSSR count). The van der Waals surface area contributed by atoms with Gasteiger partial charge >= 0.3 is 5.69 Å². The summed E-state index contributed by atoms with van der Waals surface area (Å²) in [6, 6.07) is 14.4. The summed E-state index contributed by atoms with van der Waals surface area (Å²) in [6.45, 7) is 1.87. The number of nitro groups is 1. The number of aromatic nitrogens is 4. The van der Waals surface area contributed by atoms with Crippen molar-refractivity contribution in [2.24, 2.45) is 0 Å². The lowest BCUT2D eigenvalue weighted by Crippen LogP contribution is -2.00. The molecule has 3 heterocycles. The minimum absolute atomic E-state index is 0.0732. The second-order valence-corrected chi connectivity index (χ2v) is 7.42. The predicted molar refractivity (Wildman–Crippen MR) is 106 cm³/mol. The number of ether oxygens (including phenoxy) is 1. The Morgan fingerprint density at radius 2 is 2.07 bits per heavy atom. The lowest BCUT2D eigenvalue weighted by molar-refractivity contribution is -0.386. The van der Waals surface area contributed by atoms with E-state index in [0.717, 1.165) is 16.5 Å². The fraction of sp³-hybridized carbons (Fsp3) is 0.105. The molecule has 0 saturated heterocycles. The smallest absolute Gasteiger partial charge is 0.311 e.